The van der Waals surface area contributed by atoms with Crippen molar-refractivity contribution in [3.05, 3.63) is 38.4 Å². The molecule has 0 bridgehead atoms. The van der Waals surface area contributed by atoms with Gasteiger partial charge in [-0.15, -0.1) is 0 Å². The van der Waals surface area contributed by atoms with Crippen LogP contribution in [0.25, 0.3) is 10.9 Å². The molecule has 0 saturated carbocycles. The van der Waals surface area contributed by atoms with Gasteiger partial charge < -0.3 is 4.74 Å². The Bertz CT molecular complexity index is 973. The first-order chi connectivity index (χ1) is 14.1. The van der Waals surface area contributed by atoms with Gasteiger partial charge in [-0.05, 0) is 37.9 Å². The van der Waals surface area contributed by atoms with E-state index < -0.39 is 0 Å². The largest absolute Gasteiger partial charge is 0.379 e. The van der Waals surface area contributed by atoms with Crippen molar-refractivity contribution in [3.8, 4) is 0 Å². The van der Waals surface area contributed by atoms with Gasteiger partial charge in [0.15, 0.2) is 0 Å². The molecule has 156 valence electrons. The molecule has 2 aromatic rings. The highest BCUT2D eigenvalue weighted by Crippen LogP contribution is 2.37. The highest BCUT2D eigenvalue weighted by atomic mass is 35.5. The molecular formula is C21H26Cl2N4O2. The molecule has 0 amide bonds. The van der Waals surface area contributed by atoms with E-state index in [0.29, 0.717) is 39.5 Å². The van der Waals surface area contributed by atoms with Crippen LogP contribution in [-0.4, -0.2) is 71.3 Å². The lowest BCUT2D eigenvalue weighted by molar-refractivity contribution is 0.0236. The van der Waals surface area contributed by atoms with Gasteiger partial charge in [-0.1, -0.05) is 23.2 Å². The van der Waals surface area contributed by atoms with E-state index in [9.17, 15) is 4.79 Å². The number of morpholine rings is 1. The number of fused-ring (bicyclic) bond motifs is 4. The van der Waals surface area contributed by atoms with Gasteiger partial charge in [-0.2, -0.15) is 0 Å². The van der Waals surface area contributed by atoms with Crippen molar-refractivity contribution >= 4 is 34.1 Å². The van der Waals surface area contributed by atoms with E-state index in [1.54, 1.807) is 12.1 Å². The van der Waals surface area contributed by atoms with E-state index in [1.165, 1.54) is 0 Å². The zero-order chi connectivity index (χ0) is 20.0. The summed E-state index contributed by atoms with van der Waals surface area (Å²) >= 11 is 12.3. The summed E-state index contributed by atoms with van der Waals surface area (Å²) < 4.78 is 7.34. The van der Waals surface area contributed by atoms with E-state index in [0.717, 1.165) is 71.0 Å². The van der Waals surface area contributed by atoms with E-state index in [1.807, 2.05) is 4.57 Å². The highest BCUT2D eigenvalue weighted by molar-refractivity contribution is 6.42. The molecule has 29 heavy (non-hydrogen) atoms. The smallest absolute Gasteiger partial charge is 0.261 e. The normalized spacial score (nSPS) is 25.7. The molecular weight excluding hydrogens is 411 g/mol. The Morgan fingerprint density at radius 3 is 2.66 bits per heavy atom. The fourth-order valence-electron chi connectivity index (χ4n) is 5.18. The first-order valence-electron chi connectivity index (χ1n) is 10.6. The second-order valence-electron chi connectivity index (χ2n) is 8.30. The van der Waals surface area contributed by atoms with Crippen LogP contribution in [0.3, 0.4) is 0 Å². The van der Waals surface area contributed by atoms with Gasteiger partial charge >= 0.3 is 0 Å². The minimum Gasteiger partial charge on any atom is -0.379 e. The topological polar surface area (TPSA) is 50.6 Å². The summed E-state index contributed by atoms with van der Waals surface area (Å²) in [6.07, 6.45) is 3.22. The molecule has 6 nitrogen and oxygen atoms in total. The summed E-state index contributed by atoms with van der Waals surface area (Å²) in [4.78, 5) is 23.1. The van der Waals surface area contributed by atoms with Crippen molar-refractivity contribution < 1.29 is 4.74 Å². The molecule has 3 aliphatic heterocycles. The standard InChI is InChI=1S/C21H26Cl2N4O2/c22-16-12-15-18(13-17(16)23)24-20-14-2-1-4-26(7-6-25-8-10-29-11-9-25)19(14)3-5-27(20)21(15)28/h12-14,19H,1-11H2/t14-,19+/m0/s1. The van der Waals surface area contributed by atoms with Crippen LogP contribution in [0.4, 0.5) is 0 Å². The summed E-state index contributed by atoms with van der Waals surface area (Å²) in [5, 5.41) is 1.40. The summed E-state index contributed by atoms with van der Waals surface area (Å²) in [6.45, 7) is 7.72. The lowest BCUT2D eigenvalue weighted by atomic mass is 9.83. The van der Waals surface area contributed by atoms with Gasteiger partial charge in [-0.3, -0.25) is 19.2 Å². The van der Waals surface area contributed by atoms with Crippen LogP contribution in [-0.2, 0) is 11.3 Å². The molecule has 0 N–H and O–H groups in total. The van der Waals surface area contributed by atoms with Crippen LogP contribution >= 0.6 is 23.2 Å². The second-order valence-corrected chi connectivity index (χ2v) is 9.12. The molecule has 0 unspecified atom stereocenters. The molecule has 0 spiro atoms. The molecule has 4 heterocycles. The van der Waals surface area contributed by atoms with Crippen molar-refractivity contribution in [1.29, 1.82) is 0 Å². The third-order valence-corrected chi connectivity index (χ3v) is 7.43. The van der Waals surface area contributed by atoms with Gasteiger partial charge in [0.1, 0.15) is 5.82 Å². The number of piperidine rings is 1. The first kappa shape index (κ1) is 19.8. The molecule has 2 saturated heterocycles. The SMILES string of the molecule is O=c1c2cc(Cl)c(Cl)cc2nc2n1CC[C@@H]1[C@@H]2CCCN1CCN1CCOCC1. The number of rotatable bonds is 3. The highest BCUT2D eigenvalue weighted by Gasteiger charge is 2.38. The minimum atomic E-state index is 0.00690. The van der Waals surface area contributed by atoms with Crippen LogP contribution in [0.5, 0.6) is 0 Å². The zero-order valence-corrected chi connectivity index (χ0v) is 18.0. The number of aromatic nitrogens is 2. The Labute approximate surface area is 180 Å². The predicted octanol–water partition coefficient (Wildman–Crippen LogP) is 2.99. The van der Waals surface area contributed by atoms with Crippen LogP contribution in [0, 0.1) is 0 Å². The molecule has 2 atom stereocenters. The second kappa shape index (κ2) is 8.16. The van der Waals surface area contributed by atoms with Crippen molar-refractivity contribution in [3.63, 3.8) is 0 Å². The number of benzene rings is 1. The number of hydrogen-bond donors (Lipinski definition) is 0. The van der Waals surface area contributed by atoms with Crippen molar-refractivity contribution in [2.75, 3.05) is 45.9 Å². The Hall–Kier alpha value is -1.18. The minimum absolute atomic E-state index is 0.00690. The Morgan fingerprint density at radius 2 is 1.83 bits per heavy atom. The maximum atomic E-state index is 13.1. The summed E-state index contributed by atoms with van der Waals surface area (Å²) in [5.41, 5.74) is 0.661. The van der Waals surface area contributed by atoms with E-state index in [-0.39, 0.29) is 5.56 Å². The Balaban J connectivity index is 1.42. The van der Waals surface area contributed by atoms with Crippen molar-refractivity contribution in [2.45, 2.75) is 37.8 Å². The molecule has 0 radical (unpaired) electrons. The average Bonchev–Trinajstić information content (AvgIpc) is 2.74. The summed E-state index contributed by atoms with van der Waals surface area (Å²) in [5.74, 6) is 1.22. The third-order valence-electron chi connectivity index (χ3n) is 6.71. The lowest BCUT2D eigenvalue weighted by Crippen LogP contribution is -2.52. The van der Waals surface area contributed by atoms with E-state index in [2.05, 4.69) is 9.80 Å². The average molecular weight is 437 g/mol. The number of halogens is 2. The maximum Gasteiger partial charge on any atom is 0.261 e. The van der Waals surface area contributed by atoms with Crippen LogP contribution in [0.15, 0.2) is 16.9 Å². The van der Waals surface area contributed by atoms with E-state index in [4.69, 9.17) is 32.9 Å². The zero-order valence-electron chi connectivity index (χ0n) is 16.4. The van der Waals surface area contributed by atoms with Crippen molar-refractivity contribution in [1.82, 2.24) is 19.4 Å². The molecule has 1 aromatic heterocycles. The van der Waals surface area contributed by atoms with Crippen LogP contribution < -0.4 is 5.56 Å². The Kier molecular flexibility index (Phi) is 5.56. The molecule has 8 heteroatoms. The number of likely N-dealkylation sites (tertiary alicyclic amines) is 1. The molecule has 2 fully saturated rings. The molecule has 5 rings (SSSR count). The Morgan fingerprint density at radius 1 is 1.03 bits per heavy atom. The maximum absolute atomic E-state index is 13.1. The van der Waals surface area contributed by atoms with E-state index >= 15 is 0 Å². The third kappa shape index (κ3) is 3.70. The summed E-state index contributed by atoms with van der Waals surface area (Å²) in [7, 11) is 0. The molecule has 0 aliphatic carbocycles. The number of nitrogens with zero attached hydrogens (tertiary/aromatic N) is 4. The fourth-order valence-corrected chi connectivity index (χ4v) is 5.50. The van der Waals surface area contributed by atoms with Gasteiger partial charge in [0.05, 0.1) is 34.2 Å². The van der Waals surface area contributed by atoms with Gasteiger partial charge in [0, 0.05) is 44.7 Å². The first-order valence-corrected chi connectivity index (χ1v) is 11.3. The van der Waals surface area contributed by atoms with Gasteiger partial charge in [-0.25, -0.2) is 4.98 Å². The monoisotopic (exact) mass is 436 g/mol. The van der Waals surface area contributed by atoms with Crippen LogP contribution in [0.1, 0.15) is 31.0 Å². The molecule has 3 aliphatic rings. The van der Waals surface area contributed by atoms with Crippen LogP contribution in [0.2, 0.25) is 10.0 Å². The fraction of sp³-hybridized carbons (Fsp3) is 0.619. The van der Waals surface area contributed by atoms with Gasteiger partial charge in [0.25, 0.3) is 5.56 Å². The molecule has 1 aromatic carbocycles. The number of hydrogen-bond acceptors (Lipinski definition) is 5. The summed E-state index contributed by atoms with van der Waals surface area (Å²) in [6, 6.07) is 3.84. The predicted molar refractivity (Wildman–Crippen MR) is 115 cm³/mol. The van der Waals surface area contributed by atoms with Gasteiger partial charge in [0.2, 0.25) is 0 Å². The number of ether oxygens (including phenoxy) is 1. The van der Waals surface area contributed by atoms with Crippen molar-refractivity contribution in [2.24, 2.45) is 0 Å². The lowest BCUT2D eigenvalue weighted by Gasteiger charge is -2.45. The quantitative estimate of drug-likeness (QED) is 0.739.